The first kappa shape index (κ1) is 29.1. The van der Waals surface area contributed by atoms with Gasteiger partial charge in [-0.2, -0.15) is 0 Å². The number of hydrogen-bond acceptors (Lipinski definition) is 4. The number of fused-ring (bicyclic) bond motifs is 8. The van der Waals surface area contributed by atoms with Crippen molar-refractivity contribution in [3.8, 4) is 39.9 Å². The molecule has 52 heavy (non-hydrogen) atoms. The third-order valence-corrected chi connectivity index (χ3v) is 11.3. The normalized spacial score (nSPS) is 11.8. The van der Waals surface area contributed by atoms with Crippen LogP contribution in [0.25, 0.3) is 103 Å². The van der Waals surface area contributed by atoms with Gasteiger partial charge in [0, 0.05) is 47.6 Å². The summed E-state index contributed by atoms with van der Waals surface area (Å²) in [6, 6.07) is 60.4. The van der Waals surface area contributed by atoms with E-state index in [1.165, 1.54) is 63.8 Å². The summed E-state index contributed by atoms with van der Waals surface area (Å²) in [6.45, 7) is 0. The number of benzene rings is 8. The van der Waals surface area contributed by atoms with E-state index in [2.05, 4.69) is 156 Å². The van der Waals surface area contributed by atoms with Crippen LogP contribution in [0, 0.1) is 0 Å². The summed E-state index contributed by atoms with van der Waals surface area (Å²) >= 11 is 1.81. The van der Waals surface area contributed by atoms with Gasteiger partial charge in [0.25, 0.3) is 0 Å². The van der Waals surface area contributed by atoms with Crippen LogP contribution in [0.5, 0.6) is 0 Å². The Balaban J connectivity index is 1.11. The van der Waals surface area contributed by atoms with E-state index in [9.17, 15) is 0 Å². The summed E-state index contributed by atoms with van der Waals surface area (Å²) in [5.41, 5.74) is 6.48. The highest BCUT2D eigenvalue weighted by atomic mass is 32.1. The molecular formula is C47H28N4S. The zero-order chi connectivity index (χ0) is 34.2. The lowest BCUT2D eigenvalue weighted by atomic mass is 10.1. The van der Waals surface area contributed by atoms with Crippen LogP contribution in [0.3, 0.4) is 0 Å². The fourth-order valence-corrected chi connectivity index (χ4v) is 8.89. The lowest BCUT2D eigenvalue weighted by molar-refractivity contribution is 1.08. The van der Waals surface area contributed by atoms with Gasteiger partial charge in [0.15, 0.2) is 17.5 Å². The van der Waals surface area contributed by atoms with Crippen LogP contribution < -0.4 is 0 Å². The zero-order valence-electron chi connectivity index (χ0n) is 27.9. The van der Waals surface area contributed by atoms with Gasteiger partial charge in [-0.1, -0.05) is 127 Å². The Morgan fingerprint density at radius 1 is 0.365 bits per heavy atom. The Labute approximate surface area is 302 Å². The van der Waals surface area contributed by atoms with E-state index in [0.29, 0.717) is 17.5 Å². The summed E-state index contributed by atoms with van der Waals surface area (Å²) in [5, 5.41) is 9.83. The Hall–Kier alpha value is -6.69. The molecule has 0 aliphatic rings. The third kappa shape index (κ3) is 4.57. The highest BCUT2D eigenvalue weighted by Gasteiger charge is 2.19. The minimum Gasteiger partial charge on any atom is -0.309 e. The van der Waals surface area contributed by atoms with Crippen LogP contribution >= 0.6 is 11.3 Å². The number of rotatable bonds is 4. The maximum Gasteiger partial charge on any atom is 0.164 e. The van der Waals surface area contributed by atoms with Crippen molar-refractivity contribution in [2.75, 3.05) is 0 Å². The molecule has 0 aliphatic carbocycles. The zero-order valence-corrected chi connectivity index (χ0v) is 28.7. The van der Waals surface area contributed by atoms with Crippen molar-refractivity contribution in [3.05, 3.63) is 170 Å². The molecule has 0 saturated carbocycles. The van der Waals surface area contributed by atoms with E-state index in [1.54, 1.807) is 0 Å². The van der Waals surface area contributed by atoms with E-state index in [-0.39, 0.29) is 0 Å². The molecule has 0 fully saturated rings. The van der Waals surface area contributed by atoms with E-state index in [4.69, 9.17) is 15.0 Å². The van der Waals surface area contributed by atoms with Crippen LogP contribution in [0.1, 0.15) is 0 Å². The molecule has 0 atom stereocenters. The molecule has 0 bridgehead atoms. The summed E-state index contributed by atoms with van der Waals surface area (Å²) in [7, 11) is 0. The minimum atomic E-state index is 0.658. The van der Waals surface area contributed by atoms with Gasteiger partial charge in [-0.05, 0) is 64.0 Å². The predicted molar refractivity (Wildman–Crippen MR) is 218 cm³/mol. The summed E-state index contributed by atoms with van der Waals surface area (Å²) < 4.78 is 4.89. The first-order valence-corrected chi connectivity index (χ1v) is 18.3. The smallest absolute Gasteiger partial charge is 0.164 e. The molecule has 0 spiro atoms. The Bertz CT molecular complexity index is 3190. The fourth-order valence-electron chi connectivity index (χ4n) is 7.73. The average Bonchev–Trinajstić information content (AvgIpc) is 3.75. The Morgan fingerprint density at radius 3 is 1.81 bits per heavy atom. The highest BCUT2D eigenvalue weighted by molar-refractivity contribution is 7.26. The van der Waals surface area contributed by atoms with Gasteiger partial charge in [-0.25, -0.2) is 15.0 Å². The van der Waals surface area contributed by atoms with Gasteiger partial charge in [0.2, 0.25) is 0 Å². The molecule has 11 aromatic rings. The third-order valence-electron chi connectivity index (χ3n) is 10.2. The monoisotopic (exact) mass is 680 g/mol. The quantitative estimate of drug-likeness (QED) is 0.186. The molecule has 4 nitrogen and oxygen atoms in total. The van der Waals surface area contributed by atoms with Gasteiger partial charge >= 0.3 is 0 Å². The van der Waals surface area contributed by atoms with Gasteiger partial charge in [0.05, 0.1) is 16.7 Å². The predicted octanol–water partition coefficient (Wildman–Crippen LogP) is 12.6. The van der Waals surface area contributed by atoms with Gasteiger partial charge in [-0.3, -0.25) is 0 Å². The van der Waals surface area contributed by atoms with E-state index in [0.717, 1.165) is 22.1 Å². The highest BCUT2D eigenvalue weighted by Crippen LogP contribution is 2.42. The molecule has 0 aliphatic heterocycles. The maximum atomic E-state index is 5.10. The molecule has 5 heteroatoms. The van der Waals surface area contributed by atoms with Crippen LogP contribution in [-0.2, 0) is 0 Å². The van der Waals surface area contributed by atoms with Gasteiger partial charge in [-0.15, -0.1) is 11.3 Å². The van der Waals surface area contributed by atoms with Crippen molar-refractivity contribution in [2.45, 2.75) is 0 Å². The van der Waals surface area contributed by atoms with Crippen LogP contribution in [0.2, 0.25) is 0 Å². The second-order valence-corrected chi connectivity index (χ2v) is 14.4. The lowest BCUT2D eigenvalue weighted by Crippen LogP contribution is -2.00. The molecule has 0 amide bonds. The van der Waals surface area contributed by atoms with Crippen LogP contribution in [0.4, 0.5) is 0 Å². The van der Waals surface area contributed by atoms with Crippen molar-refractivity contribution in [3.63, 3.8) is 0 Å². The molecule has 3 aromatic heterocycles. The van der Waals surface area contributed by atoms with Crippen LogP contribution in [-0.4, -0.2) is 19.5 Å². The van der Waals surface area contributed by atoms with E-state index in [1.807, 2.05) is 29.5 Å². The molecule has 8 aromatic carbocycles. The molecule has 3 heterocycles. The average molecular weight is 681 g/mol. The van der Waals surface area contributed by atoms with Gasteiger partial charge < -0.3 is 4.57 Å². The van der Waals surface area contributed by atoms with E-state index >= 15 is 0 Å². The fraction of sp³-hybridized carbons (Fsp3) is 0. The maximum absolute atomic E-state index is 5.10. The molecule has 0 unspecified atom stereocenters. The first-order chi connectivity index (χ1) is 25.7. The molecular weight excluding hydrogens is 653 g/mol. The Morgan fingerprint density at radius 2 is 1.00 bits per heavy atom. The number of thiophene rings is 1. The number of aromatic nitrogens is 4. The topological polar surface area (TPSA) is 43.6 Å². The second-order valence-electron chi connectivity index (χ2n) is 13.3. The first-order valence-electron chi connectivity index (χ1n) is 17.4. The summed E-state index contributed by atoms with van der Waals surface area (Å²) in [5.74, 6) is 1.98. The minimum absolute atomic E-state index is 0.658. The lowest BCUT2D eigenvalue weighted by Gasteiger charge is -2.11. The van der Waals surface area contributed by atoms with Crippen LogP contribution in [0.15, 0.2) is 170 Å². The number of para-hydroxylation sites is 1. The van der Waals surface area contributed by atoms with Crippen molar-refractivity contribution < 1.29 is 0 Å². The summed E-state index contributed by atoms with van der Waals surface area (Å²) in [4.78, 5) is 15.1. The van der Waals surface area contributed by atoms with Crippen molar-refractivity contribution in [2.24, 2.45) is 0 Å². The molecule has 242 valence electrons. The SMILES string of the molecule is c1ccc(-c2nc(-c3ccc4ccccc4c3)nc(-c3ccc4c(c3)sc3cccc(-n5c6ccccc6c6cc7ccccc7cc65)c34)n2)cc1. The number of nitrogens with zero attached hydrogens (tertiary/aromatic N) is 4. The second kappa shape index (κ2) is 11.4. The largest absolute Gasteiger partial charge is 0.309 e. The standard InChI is InChI=1S/C47H28N4S/c1-2-12-30(13-3-1)45-48-46(34-22-21-29-11-4-5-14-31(29)25-34)50-47(49-45)35-23-24-37-43(28-35)52-42-20-10-19-40(44(37)42)51-39-18-9-8-17-36(39)38-26-32-15-6-7-16-33(32)27-41(38)51/h1-28H. The summed E-state index contributed by atoms with van der Waals surface area (Å²) in [6.07, 6.45) is 0. The molecule has 0 radical (unpaired) electrons. The molecule has 11 rings (SSSR count). The van der Waals surface area contributed by atoms with E-state index < -0.39 is 0 Å². The van der Waals surface area contributed by atoms with Gasteiger partial charge in [0.1, 0.15) is 0 Å². The molecule has 0 N–H and O–H groups in total. The van der Waals surface area contributed by atoms with Crippen molar-refractivity contribution in [1.29, 1.82) is 0 Å². The molecule has 0 saturated heterocycles. The van der Waals surface area contributed by atoms with Crippen molar-refractivity contribution in [1.82, 2.24) is 19.5 Å². The number of hydrogen-bond donors (Lipinski definition) is 0. The Kier molecular flexibility index (Phi) is 6.39. The van der Waals surface area contributed by atoms with Crippen molar-refractivity contribution >= 4 is 74.9 Å².